The Hall–Kier alpha value is -0.540. The molecule has 1 N–H and O–H groups in total. The molecule has 0 saturated heterocycles. The van der Waals surface area contributed by atoms with E-state index in [0.717, 1.165) is 24.3 Å². The van der Waals surface area contributed by atoms with Crippen molar-refractivity contribution in [2.75, 3.05) is 6.54 Å². The summed E-state index contributed by atoms with van der Waals surface area (Å²) >= 11 is 1.62. The molecule has 0 spiro atoms. The molecule has 0 amide bonds. The fourth-order valence-electron chi connectivity index (χ4n) is 1.79. The van der Waals surface area contributed by atoms with Crippen LogP contribution in [0.2, 0.25) is 0 Å². The van der Waals surface area contributed by atoms with Crippen LogP contribution in [0.1, 0.15) is 33.6 Å². The molecule has 2 atom stereocenters. The van der Waals surface area contributed by atoms with Gasteiger partial charge < -0.3 is 5.32 Å². The highest BCUT2D eigenvalue weighted by molar-refractivity contribution is 8.00. The molecule has 0 radical (unpaired) electrons. The zero-order valence-corrected chi connectivity index (χ0v) is 11.7. The number of thioether (sulfide) groups is 1. The fraction of sp³-hybridized carbons (Fsp3) is 0.571. The van der Waals surface area contributed by atoms with Crippen molar-refractivity contribution in [3.63, 3.8) is 0 Å². The molecular weight excluding hydrogens is 233 g/mol. The Kier molecular flexibility index (Phi) is 6.60. The first-order valence-corrected chi connectivity index (χ1v) is 7.21. The summed E-state index contributed by atoms with van der Waals surface area (Å²) < 4.78 is 13.5. The summed E-state index contributed by atoms with van der Waals surface area (Å²) in [6, 6.07) is 7.44. The number of benzene rings is 1. The van der Waals surface area contributed by atoms with Crippen LogP contribution in [0.4, 0.5) is 4.39 Å². The molecule has 17 heavy (non-hydrogen) atoms. The Morgan fingerprint density at radius 3 is 2.59 bits per heavy atom. The molecule has 0 aliphatic carbocycles. The number of hydrogen-bond donors (Lipinski definition) is 1. The van der Waals surface area contributed by atoms with Gasteiger partial charge in [-0.25, -0.2) is 4.39 Å². The third kappa shape index (κ3) is 4.68. The number of hydrogen-bond acceptors (Lipinski definition) is 2. The molecule has 3 heteroatoms. The smallest absolute Gasteiger partial charge is 0.136 e. The predicted octanol–water partition coefficient (Wildman–Crippen LogP) is 4.08. The first-order chi connectivity index (χ1) is 8.19. The summed E-state index contributed by atoms with van der Waals surface area (Å²) in [7, 11) is 0. The van der Waals surface area contributed by atoms with Gasteiger partial charge >= 0.3 is 0 Å². The molecule has 0 aromatic heterocycles. The van der Waals surface area contributed by atoms with Gasteiger partial charge in [0, 0.05) is 16.2 Å². The Morgan fingerprint density at radius 2 is 2.00 bits per heavy atom. The van der Waals surface area contributed by atoms with E-state index in [4.69, 9.17) is 0 Å². The number of halogens is 1. The van der Waals surface area contributed by atoms with Crippen LogP contribution in [0.15, 0.2) is 29.2 Å². The van der Waals surface area contributed by atoms with Crippen LogP contribution < -0.4 is 5.32 Å². The maximum atomic E-state index is 13.5. The minimum absolute atomic E-state index is 0.116. The molecule has 1 rings (SSSR count). The van der Waals surface area contributed by atoms with E-state index in [1.54, 1.807) is 17.8 Å². The quantitative estimate of drug-likeness (QED) is 0.737. The number of rotatable bonds is 7. The first-order valence-electron chi connectivity index (χ1n) is 6.33. The molecule has 2 unspecified atom stereocenters. The molecule has 0 bridgehead atoms. The standard InChI is InChI=1S/C14H22FNS/c1-4-10-16-13(5-2)11(3)17-14-9-7-6-8-12(14)15/h6-9,11,13,16H,4-5,10H2,1-3H3. The van der Waals surface area contributed by atoms with Gasteiger partial charge in [-0.15, -0.1) is 11.8 Å². The van der Waals surface area contributed by atoms with Gasteiger partial charge in [0.2, 0.25) is 0 Å². The van der Waals surface area contributed by atoms with Crippen molar-refractivity contribution in [1.82, 2.24) is 5.32 Å². The van der Waals surface area contributed by atoms with E-state index in [-0.39, 0.29) is 5.82 Å². The third-order valence-corrected chi connectivity index (χ3v) is 4.10. The van der Waals surface area contributed by atoms with E-state index in [2.05, 4.69) is 26.1 Å². The Bertz CT molecular complexity index is 330. The second-order valence-electron chi connectivity index (χ2n) is 4.22. The highest BCUT2D eigenvalue weighted by Gasteiger charge is 2.16. The lowest BCUT2D eigenvalue weighted by molar-refractivity contribution is 0.493. The van der Waals surface area contributed by atoms with E-state index in [1.165, 1.54) is 6.07 Å². The number of nitrogens with one attached hydrogen (secondary N) is 1. The van der Waals surface area contributed by atoms with Crippen molar-refractivity contribution in [2.24, 2.45) is 0 Å². The molecule has 1 aromatic rings. The zero-order valence-electron chi connectivity index (χ0n) is 10.9. The lowest BCUT2D eigenvalue weighted by Gasteiger charge is -2.23. The average molecular weight is 255 g/mol. The van der Waals surface area contributed by atoms with Crippen LogP contribution in [0, 0.1) is 5.82 Å². The Balaban J connectivity index is 2.57. The second kappa shape index (κ2) is 7.72. The summed E-state index contributed by atoms with van der Waals surface area (Å²) in [6.45, 7) is 7.52. The van der Waals surface area contributed by atoms with Gasteiger partial charge in [0.15, 0.2) is 0 Å². The molecule has 0 fully saturated rings. The summed E-state index contributed by atoms with van der Waals surface area (Å²) in [5, 5.41) is 3.89. The largest absolute Gasteiger partial charge is 0.313 e. The maximum absolute atomic E-state index is 13.5. The van der Waals surface area contributed by atoms with Gasteiger partial charge in [-0.1, -0.05) is 32.9 Å². The van der Waals surface area contributed by atoms with Crippen molar-refractivity contribution in [3.05, 3.63) is 30.1 Å². The van der Waals surface area contributed by atoms with Gasteiger partial charge in [0.1, 0.15) is 5.82 Å². The van der Waals surface area contributed by atoms with E-state index < -0.39 is 0 Å². The van der Waals surface area contributed by atoms with E-state index in [9.17, 15) is 4.39 Å². The lowest BCUT2D eigenvalue weighted by atomic mass is 10.1. The van der Waals surface area contributed by atoms with E-state index >= 15 is 0 Å². The molecule has 0 aliphatic heterocycles. The molecule has 0 saturated carbocycles. The van der Waals surface area contributed by atoms with Gasteiger partial charge in [-0.05, 0) is 31.5 Å². The van der Waals surface area contributed by atoms with Crippen molar-refractivity contribution in [1.29, 1.82) is 0 Å². The van der Waals surface area contributed by atoms with Crippen LogP contribution in [0.25, 0.3) is 0 Å². The molecule has 0 aliphatic rings. The Morgan fingerprint density at radius 1 is 1.29 bits per heavy atom. The summed E-state index contributed by atoms with van der Waals surface area (Å²) in [4.78, 5) is 0.747. The topological polar surface area (TPSA) is 12.0 Å². The molecule has 1 aromatic carbocycles. The van der Waals surface area contributed by atoms with E-state index in [1.807, 2.05) is 12.1 Å². The summed E-state index contributed by atoms with van der Waals surface area (Å²) in [5.41, 5.74) is 0. The van der Waals surface area contributed by atoms with Crippen LogP contribution in [0.5, 0.6) is 0 Å². The van der Waals surface area contributed by atoms with Gasteiger partial charge in [-0.2, -0.15) is 0 Å². The second-order valence-corrected chi connectivity index (χ2v) is 5.64. The summed E-state index contributed by atoms with van der Waals surface area (Å²) in [6.07, 6.45) is 2.20. The molecule has 96 valence electrons. The SMILES string of the molecule is CCCNC(CC)C(C)Sc1ccccc1F. The van der Waals surface area contributed by atoms with E-state index in [0.29, 0.717) is 11.3 Å². The van der Waals surface area contributed by atoms with Crippen LogP contribution in [0.3, 0.4) is 0 Å². The van der Waals surface area contributed by atoms with Crippen LogP contribution >= 0.6 is 11.8 Å². The highest BCUT2D eigenvalue weighted by atomic mass is 32.2. The predicted molar refractivity (Wildman–Crippen MR) is 74.1 cm³/mol. The molecule has 1 nitrogen and oxygen atoms in total. The third-order valence-electron chi connectivity index (χ3n) is 2.81. The lowest BCUT2D eigenvalue weighted by Crippen LogP contribution is -2.36. The first kappa shape index (κ1) is 14.5. The van der Waals surface area contributed by atoms with Gasteiger partial charge in [0.25, 0.3) is 0 Å². The summed E-state index contributed by atoms with van der Waals surface area (Å²) in [5.74, 6) is -0.116. The maximum Gasteiger partial charge on any atom is 0.136 e. The minimum Gasteiger partial charge on any atom is -0.313 e. The molecule has 0 heterocycles. The van der Waals surface area contributed by atoms with Gasteiger partial charge in [0.05, 0.1) is 0 Å². The fourth-order valence-corrected chi connectivity index (χ4v) is 2.99. The Labute approximate surface area is 108 Å². The highest BCUT2D eigenvalue weighted by Crippen LogP contribution is 2.28. The van der Waals surface area contributed by atoms with Crippen LogP contribution in [-0.4, -0.2) is 17.8 Å². The van der Waals surface area contributed by atoms with Crippen molar-refractivity contribution in [2.45, 2.75) is 49.8 Å². The van der Waals surface area contributed by atoms with Crippen molar-refractivity contribution >= 4 is 11.8 Å². The monoisotopic (exact) mass is 255 g/mol. The van der Waals surface area contributed by atoms with Gasteiger partial charge in [-0.3, -0.25) is 0 Å². The average Bonchev–Trinajstić information content (AvgIpc) is 2.33. The zero-order chi connectivity index (χ0) is 12.7. The normalized spacial score (nSPS) is 14.6. The van der Waals surface area contributed by atoms with Crippen LogP contribution in [-0.2, 0) is 0 Å². The van der Waals surface area contributed by atoms with Crippen molar-refractivity contribution < 1.29 is 4.39 Å². The molecular formula is C14H22FNS. The minimum atomic E-state index is -0.116. The van der Waals surface area contributed by atoms with Crippen molar-refractivity contribution in [3.8, 4) is 0 Å².